The SMILES string of the molecule is Cc1ccc(OP(O)F)c(C2CCCCC2)c1. The molecule has 1 aromatic carbocycles. The summed E-state index contributed by atoms with van der Waals surface area (Å²) in [6, 6.07) is 5.72. The molecule has 1 aromatic rings. The molecule has 0 amide bonds. The third-order valence-electron chi connectivity index (χ3n) is 3.38. The van der Waals surface area contributed by atoms with Crippen LogP contribution in [0.2, 0.25) is 0 Å². The van der Waals surface area contributed by atoms with E-state index in [0.29, 0.717) is 11.7 Å². The average molecular weight is 256 g/mol. The van der Waals surface area contributed by atoms with Crippen LogP contribution in [0.15, 0.2) is 18.2 Å². The molecular weight excluding hydrogens is 238 g/mol. The van der Waals surface area contributed by atoms with Crippen molar-refractivity contribution < 1.29 is 13.6 Å². The lowest BCUT2D eigenvalue weighted by molar-refractivity contribution is 0.410. The van der Waals surface area contributed by atoms with E-state index in [-0.39, 0.29) is 0 Å². The first kappa shape index (κ1) is 12.8. The maximum absolute atomic E-state index is 12.6. The normalized spacial score (nSPS) is 19.0. The second-order valence-corrected chi connectivity index (χ2v) is 5.33. The van der Waals surface area contributed by atoms with E-state index in [1.807, 2.05) is 13.0 Å². The number of rotatable bonds is 3. The van der Waals surface area contributed by atoms with Crippen molar-refractivity contribution in [2.75, 3.05) is 0 Å². The summed E-state index contributed by atoms with van der Waals surface area (Å²) in [5.41, 5.74) is 2.21. The summed E-state index contributed by atoms with van der Waals surface area (Å²) >= 11 is 0. The zero-order chi connectivity index (χ0) is 12.3. The second-order valence-electron chi connectivity index (χ2n) is 4.69. The largest absolute Gasteiger partial charge is 0.436 e. The van der Waals surface area contributed by atoms with Gasteiger partial charge in [0.2, 0.25) is 0 Å². The summed E-state index contributed by atoms with van der Waals surface area (Å²) in [7, 11) is -2.82. The lowest BCUT2D eigenvalue weighted by atomic mass is 9.83. The van der Waals surface area contributed by atoms with Gasteiger partial charge in [-0.05, 0) is 37.3 Å². The molecule has 0 bridgehead atoms. The highest BCUT2D eigenvalue weighted by Gasteiger charge is 2.20. The summed E-state index contributed by atoms with van der Waals surface area (Å²) < 4.78 is 17.5. The van der Waals surface area contributed by atoms with E-state index in [0.717, 1.165) is 24.0 Å². The molecular formula is C13H18FO2P. The molecule has 4 heteroatoms. The van der Waals surface area contributed by atoms with Crippen molar-refractivity contribution in [2.24, 2.45) is 0 Å². The quantitative estimate of drug-likeness (QED) is 0.800. The molecule has 2 rings (SSSR count). The minimum atomic E-state index is -2.82. The standard InChI is InChI=1S/C13H18FO2P/c1-10-7-8-13(16-17(14)15)12(9-10)11-5-3-2-4-6-11/h7-9,11,15H,2-6H2,1H3. The highest BCUT2D eigenvalue weighted by Crippen LogP contribution is 2.42. The average Bonchev–Trinajstić information content (AvgIpc) is 2.32. The smallest absolute Gasteiger partial charge is 0.424 e. The highest BCUT2D eigenvalue weighted by atomic mass is 31.2. The van der Waals surface area contributed by atoms with Gasteiger partial charge in [-0.15, -0.1) is 4.20 Å². The molecule has 1 atom stereocenters. The first-order chi connectivity index (χ1) is 8.16. The Balaban J connectivity index is 2.25. The van der Waals surface area contributed by atoms with Gasteiger partial charge >= 0.3 is 8.69 Å². The Morgan fingerprint density at radius 3 is 2.65 bits per heavy atom. The maximum atomic E-state index is 12.6. The summed E-state index contributed by atoms with van der Waals surface area (Å²) in [4.78, 5) is 8.77. The van der Waals surface area contributed by atoms with Crippen LogP contribution in [0.3, 0.4) is 0 Å². The van der Waals surface area contributed by atoms with Gasteiger partial charge < -0.3 is 9.42 Å². The summed E-state index contributed by atoms with van der Waals surface area (Å²) in [6.45, 7) is 2.02. The molecule has 17 heavy (non-hydrogen) atoms. The zero-order valence-electron chi connectivity index (χ0n) is 10.0. The van der Waals surface area contributed by atoms with Crippen molar-refractivity contribution in [3.8, 4) is 5.75 Å². The molecule has 1 aliphatic carbocycles. The van der Waals surface area contributed by atoms with Crippen molar-refractivity contribution in [1.29, 1.82) is 0 Å². The topological polar surface area (TPSA) is 29.5 Å². The van der Waals surface area contributed by atoms with Gasteiger partial charge in [-0.2, -0.15) is 0 Å². The third kappa shape index (κ3) is 3.40. The Morgan fingerprint density at radius 1 is 1.29 bits per heavy atom. The van der Waals surface area contributed by atoms with E-state index < -0.39 is 8.69 Å². The molecule has 0 aliphatic heterocycles. The van der Waals surface area contributed by atoms with Crippen LogP contribution < -0.4 is 4.52 Å². The molecule has 0 saturated heterocycles. The zero-order valence-corrected chi connectivity index (χ0v) is 10.9. The Hall–Kier alpha value is -0.660. The van der Waals surface area contributed by atoms with Crippen LogP contribution in [0, 0.1) is 6.92 Å². The van der Waals surface area contributed by atoms with Gasteiger partial charge in [0.15, 0.2) is 0 Å². The molecule has 2 nitrogen and oxygen atoms in total. The Bertz CT molecular complexity index is 376. The van der Waals surface area contributed by atoms with Gasteiger partial charge in [-0.1, -0.05) is 37.0 Å². The second kappa shape index (κ2) is 5.79. The number of benzene rings is 1. The Labute approximate surface area is 103 Å². The van der Waals surface area contributed by atoms with Gasteiger partial charge in [0.05, 0.1) is 0 Å². The number of halogens is 1. The van der Waals surface area contributed by atoms with Crippen LogP contribution in [-0.4, -0.2) is 4.89 Å². The van der Waals surface area contributed by atoms with Crippen LogP contribution in [0.25, 0.3) is 0 Å². The summed E-state index contributed by atoms with van der Waals surface area (Å²) in [6.07, 6.45) is 6.00. The van der Waals surface area contributed by atoms with Crippen LogP contribution >= 0.6 is 8.69 Å². The van der Waals surface area contributed by atoms with Gasteiger partial charge in [0.1, 0.15) is 5.75 Å². The van der Waals surface area contributed by atoms with Gasteiger partial charge in [-0.25, -0.2) is 0 Å². The maximum Gasteiger partial charge on any atom is 0.436 e. The molecule has 1 N–H and O–H groups in total. The van der Waals surface area contributed by atoms with E-state index >= 15 is 0 Å². The first-order valence-electron chi connectivity index (χ1n) is 6.10. The molecule has 1 aliphatic rings. The monoisotopic (exact) mass is 256 g/mol. The number of hydrogen-bond donors (Lipinski definition) is 1. The van der Waals surface area contributed by atoms with Crippen LogP contribution in [0.5, 0.6) is 5.75 Å². The predicted octanol–water partition coefficient (Wildman–Crippen LogP) is 4.61. The minimum absolute atomic E-state index is 0.452. The summed E-state index contributed by atoms with van der Waals surface area (Å²) in [5.74, 6) is 0.965. The van der Waals surface area contributed by atoms with Gasteiger partial charge in [-0.3, -0.25) is 0 Å². The third-order valence-corrected chi connectivity index (χ3v) is 3.73. The Morgan fingerprint density at radius 2 is 2.00 bits per heavy atom. The van der Waals surface area contributed by atoms with Crippen molar-refractivity contribution in [1.82, 2.24) is 0 Å². The van der Waals surface area contributed by atoms with Crippen molar-refractivity contribution in [3.05, 3.63) is 29.3 Å². The predicted molar refractivity (Wildman–Crippen MR) is 67.9 cm³/mol. The molecule has 94 valence electrons. The molecule has 0 spiro atoms. The lowest BCUT2D eigenvalue weighted by Crippen LogP contribution is -2.06. The molecule has 0 radical (unpaired) electrons. The van der Waals surface area contributed by atoms with E-state index in [1.165, 1.54) is 19.3 Å². The molecule has 0 heterocycles. The van der Waals surface area contributed by atoms with Gasteiger partial charge in [0.25, 0.3) is 0 Å². The van der Waals surface area contributed by atoms with E-state index in [2.05, 4.69) is 6.07 Å². The minimum Gasteiger partial charge on any atom is -0.424 e. The van der Waals surface area contributed by atoms with Crippen molar-refractivity contribution in [3.63, 3.8) is 0 Å². The van der Waals surface area contributed by atoms with Crippen LogP contribution in [0.4, 0.5) is 4.20 Å². The van der Waals surface area contributed by atoms with Crippen molar-refractivity contribution in [2.45, 2.75) is 44.9 Å². The van der Waals surface area contributed by atoms with Crippen LogP contribution in [0.1, 0.15) is 49.1 Å². The molecule has 1 saturated carbocycles. The van der Waals surface area contributed by atoms with Crippen molar-refractivity contribution >= 4 is 8.69 Å². The molecule has 0 aromatic heterocycles. The molecule has 1 unspecified atom stereocenters. The lowest BCUT2D eigenvalue weighted by Gasteiger charge is -2.24. The Kier molecular flexibility index (Phi) is 4.36. The molecule has 1 fully saturated rings. The number of hydrogen-bond acceptors (Lipinski definition) is 2. The van der Waals surface area contributed by atoms with E-state index in [9.17, 15) is 4.20 Å². The van der Waals surface area contributed by atoms with E-state index in [4.69, 9.17) is 9.42 Å². The fourth-order valence-corrected chi connectivity index (χ4v) is 2.89. The van der Waals surface area contributed by atoms with Crippen LogP contribution in [-0.2, 0) is 0 Å². The fourth-order valence-electron chi connectivity index (χ4n) is 2.56. The van der Waals surface area contributed by atoms with E-state index in [1.54, 1.807) is 6.07 Å². The first-order valence-corrected chi connectivity index (χ1v) is 7.20. The highest BCUT2D eigenvalue weighted by molar-refractivity contribution is 7.40. The van der Waals surface area contributed by atoms with Gasteiger partial charge in [0, 0.05) is 0 Å². The summed E-state index contributed by atoms with van der Waals surface area (Å²) in [5, 5.41) is 0. The number of aryl methyl sites for hydroxylation is 1. The fraction of sp³-hybridized carbons (Fsp3) is 0.538.